The molecule has 8 heteroatoms. The highest BCUT2D eigenvalue weighted by Crippen LogP contribution is 2.45. The second kappa shape index (κ2) is 7.46. The Bertz CT molecular complexity index is 1080. The number of nitrogens with zero attached hydrogens (tertiary/aromatic N) is 2. The van der Waals surface area contributed by atoms with Crippen LogP contribution in [-0.4, -0.2) is 38.2 Å². The van der Waals surface area contributed by atoms with Crippen LogP contribution < -0.4 is 4.90 Å². The summed E-state index contributed by atoms with van der Waals surface area (Å²) in [4.78, 5) is 40.6. The van der Waals surface area contributed by atoms with Crippen molar-refractivity contribution in [3.05, 3.63) is 70.6 Å². The summed E-state index contributed by atoms with van der Waals surface area (Å²) in [5, 5.41) is 9.29. The van der Waals surface area contributed by atoms with Gasteiger partial charge < -0.3 is 10.0 Å². The monoisotopic (exact) mass is 424 g/mol. The van der Waals surface area contributed by atoms with Crippen molar-refractivity contribution >= 4 is 57.3 Å². The highest BCUT2D eigenvalue weighted by molar-refractivity contribution is 8.26. The van der Waals surface area contributed by atoms with Crippen LogP contribution in [0.4, 0.5) is 5.69 Å². The molecule has 1 unspecified atom stereocenters. The first-order chi connectivity index (χ1) is 13.9. The maximum atomic E-state index is 13.3. The number of hydrogen-bond donors (Lipinski definition) is 1. The van der Waals surface area contributed by atoms with E-state index in [0.29, 0.717) is 17.8 Å². The topological polar surface area (TPSA) is 77.9 Å². The smallest absolute Gasteiger partial charge is 0.326 e. The summed E-state index contributed by atoms with van der Waals surface area (Å²) < 4.78 is 0.138. The summed E-state index contributed by atoms with van der Waals surface area (Å²) in [6.45, 7) is 1.76. The quantitative estimate of drug-likeness (QED) is 0.600. The van der Waals surface area contributed by atoms with Crippen LogP contribution in [0.5, 0.6) is 0 Å². The molecule has 0 spiro atoms. The van der Waals surface area contributed by atoms with E-state index in [1.807, 2.05) is 42.5 Å². The molecular formula is C21H16N2O4S2. The van der Waals surface area contributed by atoms with Crippen LogP contribution in [0.2, 0.25) is 0 Å². The number of anilines is 1. The minimum Gasteiger partial charge on any atom is -0.480 e. The highest BCUT2D eigenvalue weighted by Gasteiger charge is 2.44. The van der Waals surface area contributed by atoms with Gasteiger partial charge in [-0.2, -0.15) is 0 Å². The number of carbonyl (C=O) groups is 3. The molecule has 1 fully saturated rings. The van der Waals surface area contributed by atoms with Crippen molar-refractivity contribution in [2.24, 2.45) is 0 Å². The summed E-state index contributed by atoms with van der Waals surface area (Å²) in [7, 11) is 0. The molecule has 0 aromatic heterocycles. The summed E-state index contributed by atoms with van der Waals surface area (Å²) in [5.74, 6) is -2.00. The fraction of sp³-hybridized carbons (Fsp3) is 0.143. The van der Waals surface area contributed by atoms with Gasteiger partial charge in [0.15, 0.2) is 0 Å². The number of thioether (sulfide) groups is 1. The first-order valence-corrected chi connectivity index (χ1v) is 10.1. The van der Waals surface area contributed by atoms with Crippen LogP contribution in [0.3, 0.4) is 0 Å². The largest absolute Gasteiger partial charge is 0.480 e. The molecule has 1 N–H and O–H groups in total. The SMILES string of the molecule is CC(C(=O)O)N1C(=O)C(=C2C(=O)N(Cc3ccccc3)c3ccccc32)SC1=S. The van der Waals surface area contributed by atoms with Crippen LogP contribution in [0.1, 0.15) is 18.1 Å². The van der Waals surface area contributed by atoms with E-state index in [-0.39, 0.29) is 20.7 Å². The van der Waals surface area contributed by atoms with Gasteiger partial charge in [0.05, 0.1) is 22.7 Å². The number of carboxylic acid groups (broad SMARTS) is 1. The zero-order valence-electron chi connectivity index (χ0n) is 15.4. The van der Waals surface area contributed by atoms with Gasteiger partial charge in [-0.25, -0.2) is 4.79 Å². The summed E-state index contributed by atoms with van der Waals surface area (Å²) in [6.07, 6.45) is 0. The van der Waals surface area contributed by atoms with Crippen LogP contribution in [0.25, 0.3) is 5.57 Å². The zero-order chi connectivity index (χ0) is 20.7. The normalized spacial score (nSPS) is 19.7. The van der Waals surface area contributed by atoms with E-state index in [2.05, 4.69) is 0 Å². The molecule has 2 amide bonds. The van der Waals surface area contributed by atoms with Crippen LogP contribution >= 0.6 is 24.0 Å². The van der Waals surface area contributed by atoms with Gasteiger partial charge >= 0.3 is 5.97 Å². The van der Waals surface area contributed by atoms with Crippen molar-refractivity contribution in [1.29, 1.82) is 0 Å². The Hall–Kier alpha value is -2.97. The molecule has 2 aromatic carbocycles. The lowest BCUT2D eigenvalue weighted by Gasteiger charge is -2.19. The molecule has 1 atom stereocenters. The van der Waals surface area contributed by atoms with E-state index in [1.165, 1.54) is 6.92 Å². The average molecular weight is 425 g/mol. The van der Waals surface area contributed by atoms with Gasteiger partial charge in [-0.15, -0.1) is 0 Å². The standard InChI is InChI=1S/C21H16N2O4S2/c1-12(20(26)27)23-19(25)17(29-21(23)28)16-14-9-5-6-10-15(14)22(18(16)24)11-13-7-3-2-4-8-13/h2-10,12H,11H2,1H3,(H,26,27). The van der Waals surface area contributed by atoms with Gasteiger partial charge in [-0.3, -0.25) is 14.5 Å². The molecule has 0 radical (unpaired) electrons. The molecule has 2 aliphatic rings. The summed E-state index contributed by atoms with van der Waals surface area (Å²) in [5.41, 5.74) is 2.60. The fourth-order valence-corrected chi connectivity index (χ4v) is 4.89. The Kier molecular flexibility index (Phi) is 4.97. The molecule has 0 aliphatic carbocycles. The van der Waals surface area contributed by atoms with E-state index in [0.717, 1.165) is 22.2 Å². The molecule has 146 valence electrons. The van der Waals surface area contributed by atoms with Crippen LogP contribution in [-0.2, 0) is 20.9 Å². The van der Waals surface area contributed by atoms with E-state index < -0.39 is 17.9 Å². The number of carboxylic acids is 1. The lowest BCUT2D eigenvalue weighted by molar-refractivity contribution is -0.144. The number of amides is 2. The van der Waals surface area contributed by atoms with Gasteiger partial charge in [0.1, 0.15) is 10.4 Å². The van der Waals surface area contributed by atoms with E-state index in [4.69, 9.17) is 12.2 Å². The first kappa shape index (κ1) is 19.4. The Morgan fingerprint density at radius 3 is 2.41 bits per heavy atom. The van der Waals surface area contributed by atoms with Gasteiger partial charge in [0, 0.05) is 5.56 Å². The summed E-state index contributed by atoms with van der Waals surface area (Å²) >= 11 is 6.22. The molecule has 0 bridgehead atoms. The zero-order valence-corrected chi connectivity index (χ0v) is 17.0. The van der Waals surface area contributed by atoms with Crippen molar-refractivity contribution in [2.75, 3.05) is 4.90 Å². The first-order valence-electron chi connectivity index (χ1n) is 8.87. The highest BCUT2D eigenvalue weighted by atomic mass is 32.2. The number of fused-ring (bicyclic) bond motifs is 1. The van der Waals surface area contributed by atoms with Crippen molar-refractivity contribution < 1.29 is 19.5 Å². The Balaban J connectivity index is 1.79. The third-order valence-electron chi connectivity index (χ3n) is 4.88. The Morgan fingerprint density at radius 1 is 1.07 bits per heavy atom. The van der Waals surface area contributed by atoms with Gasteiger partial charge in [-0.1, -0.05) is 72.5 Å². The number of benzene rings is 2. The minimum atomic E-state index is -1.16. The molecule has 2 aromatic rings. The molecule has 0 saturated carbocycles. The second-order valence-corrected chi connectivity index (χ2v) is 8.30. The van der Waals surface area contributed by atoms with Crippen molar-refractivity contribution in [3.8, 4) is 0 Å². The van der Waals surface area contributed by atoms with Crippen molar-refractivity contribution in [2.45, 2.75) is 19.5 Å². The predicted molar refractivity (Wildman–Crippen MR) is 115 cm³/mol. The minimum absolute atomic E-state index is 0.138. The molecule has 6 nitrogen and oxygen atoms in total. The summed E-state index contributed by atoms with van der Waals surface area (Å²) in [6, 6.07) is 15.7. The van der Waals surface area contributed by atoms with E-state index in [1.54, 1.807) is 17.0 Å². The van der Waals surface area contributed by atoms with E-state index in [9.17, 15) is 19.5 Å². The Morgan fingerprint density at radius 2 is 1.72 bits per heavy atom. The molecule has 2 aliphatic heterocycles. The number of para-hydroxylation sites is 1. The van der Waals surface area contributed by atoms with Crippen LogP contribution in [0, 0.1) is 0 Å². The number of carbonyl (C=O) groups excluding carboxylic acids is 2. The number of aliphatic carboxylic acids is 1. The second-order valence-electron chi connectivity index (χ2n) is 6.66. The maximum absolute atomic E-state index is 13.3. The molecule has 4 rings (SSSR count). The fourth-order valence-electron chi connectivity index (χ4n) is 3.40. The van der Waals surface area contributed by atoms with Crippen LogP contribution in [0.15, 0.2) is 59.5 Å². The maximum Gasteiger partial charge on any atom is 0.326 e. The Labute approximate surface area is 176 Å². The molecule has 1 saturated heterocycles. The van der Waals surface area contributed by atoms with Gasteiger partial charge in [0.25, 0.3) is 11.8 Å². The number of rotatable bonds is 4. The lowest BCUT2D eigenvalue weighted by Crippen LogP contribution is -2.41. The van der Waals surface area contributed by atoms with Crippen molar-refractivity contribution in [3.63, 3.8) is 0 Å². The van der Waals surface area contributed by atoms with E-state index >= 15 is 0 Å². The molecule has 2 heterocycles. The average Bonchev–Trinajstić information content (AvgIpc) is 3.15. The number of thiocarbonyl (C=S) groups is 1. The third kappa shape index (κ3) is 3.24. The van der Waals surface area contributed by atoms with Gasteiger partial charge in [-0.05, 0) is 18.6 Å². The molecular weight excluding hydrogens is 408 g/mol. The third-order valence-corrected chi connectivity index (χ3v) is 6.28. The predicted octanol–water partition coefficient (Wildman–Crippen LogP) is 3.28. The van der Waals surface area contributed by atoms with Gasteiger partial charge in [0.2, 0.25) is 0 Å². The lowest BCUT2D eigenvalue weighted by atomic mass is 10.1. The van der Waals surface area contributed by atoms with Crippen molar-refractivity contribution in [1.82, 2.24) is 4.90 Å². The molecule has 29 heavy (non-hydrogen) atoms. The number of hydrogen-bond acceptors (Lipinski definition) is 5.